The van der Waals surface area contributed by atoms with E-state index in [-0.39, 0.29) is 6.61 Å². The zero-order chi connectivity index (χ0) is 12.3. The predicted octanol–water partition coefficient (Wildman–Crippen LogP) is 2.96. The lowest BCUT2D eigenvalue weighted by Crippen LogP contribution is -2.23. The van der Waals surface area contributed by atoms with Gasteiger partial charge in [-0.05, 0) is 32.1 Å². The van der Waals surface area contributed by atoms with Gasteiger partial charge in [0.05, 0.1) is 17.2 Å². The molecule has 0 bridgehead atoms. The lowest BCUT2D eigenvalue weighted by Gasteiger charge is -2.19. The number of hydrogen-bond acceptors (Lipinski definition) is 4. The molecule has 1 aromatic heterocycles. The molecule has 0 amide bonds. The van der Waals surface area contributed by atoms with E-state index in [1.165, 1.54) is 25.7 Å². The van der Waals surface area contributed by atoms with Crippen LogP contribution < -0.4 is 4.90 Å². The molecule has 0 aromatic carbocycles. The summed E-state index contributed by atoms with van der Waals surface area (Å²) in [4.78, 5) is 7.99. The molecule has 0 aliphatic carbocycles. The minimum Gasteiger partial charge on any atom is -0.391 e. The van der Waals surface area contributed by atoms with E-state index in [0.29, 0.717) is 0 Å². The van der Waals surface area contributed by atoms with Crippen LogP contribution >= 0.6 is 11.3 Å². The first-order valence-corrected chi connectivity index (χ1v) is 7.38. The van der Waals surface area contributed by atoms with Crippen LogP contribution in [0.1, 0.15) is 43.2 Å². The molecule has 0 spiro atoms. The first-order chi connectivity index (χ1) is 8.24. The van der Waals surface area contributed by atoms with E-state index in [9.17, 15) is 5.11 Å². The van der Waals surface area contributed by atoms with Crippen molar-refractivity contribution in [2.75, 3.05) is 18.0 Å². The third-order valence-electron chi connectivity index (χ3n) is 3.72. The van der Waals surface area contributed by atoms with Crippen molar-refractivity contribution in [3.63, 3.8) is 0 Å². The highest BCUT2D eigenvalue weighted by molar-refractivity contribution is 7.15. The fourth-order valence-corrected chi connectivity index (χ4v) is 3.43. The van der Waals surface area contributed by atoms with Gasteiger partial charge in [0.15, 0.2) is 5.13 Å². The van der Waals surface area contributed by atoms with Gasteiger partial charge < -0.3 is 10.0 Å². The summed E-state index contributed by atoms with van der Waals surface area (Å²) in [5.41, 5.74) is 0.990. The molecule has 3 nitrogen and oxygen atoms in total. The second-order valence-corrected chi connectivity index (χ2v) is 5.92. The Morgan fingerprint density at radius 2 is 2.24 bits per heavy atom. The molecule has 2 rings (SSSR count). The van der Waals surface area contributed by atoms with Crippen molar-refractivity contribution < 1.29 is 5.11 Å². The molecule has 1 saturated heterocycles. The summed E-state index contributed by atoms with van der Waals surface area (Å²) in [5.74, 6) is 0.887. The molecular formula is C13H22N2OS. The monoisotopic (exact) mass is 254 g/mol. The Morgan fingerprint density at radius 1 is 1.41 bits per heavy atom. The van der Waals surface area contributed by atoms with Gasteiger partial charge in [0, 0.05) is 13.1 Å². The van der Waals surface area contributed by atoms with E-state index in [2.05, 4.69) is 16.8 Å². The fraction of sp³-hybridized carbons (Fsp3) is 0.769. The average molecular weight is 254 g/mol. The lowest BCUT2D eigenvalue weighted by atomic mass is 9.98. The molecule has 4 heteroatoms. The van der Waals surface area contributed by atoms with Crippen LogP contribution in [0.5, 0.6) is 0 Å². The second-order valence-electron chi connectivity index (χ2n) is 4.86. The summed E-state index contributed by atoms with van der Waals surface area (Å²) in [7, 11) is 0. The summed E-state index contributed by atoms with van der Waals surface area (Å²) >= 11 is 1.65. The molecule has 0 radical (unpaired) electrons. The summed E-state index contributed by atoms with van der Waals surface area (Å²) in [6.45, 7) is 6.63. The molecule has 1 aliphatic rings. The average Bonchev–Trinajstić information content (AvgIpc) is 2.58. The summed E-state index contributed by atoms with van der Waals surface area (Å²) in [5, 5.41) is 10.3. The van der Waals surface area contributed by atoms with Gasteiger partial charge in [-0.2, -0.15) is 0 Å². The third kappa shape index (κ3) is 2.99. The van der Waals surface area contributed by atoms with Gasteiger partial charge in [-0.15, -0.1) is 0 Å². The second kappa shape index (κ2) is 5.83. The van der Waals surface area contributed by atoms with Crippen molar-refractivity contribution in [2.45, 2.75) is 46.1 Å². The van der Waals surface area contributed by atoms with Gasteiger partial charge >= 0.3 is 0 Å². The Labute approximate surface area is 107 Å². The lowest BCUT2D eigenvalue weighted by molar-refractivity contribution is 0.284. The van der Waals surface area contributed by atoms with Crippen LogP contribution in [0.25, 0.3) is 0 Å². The van der Waals surface area contributed by atoms with Gasteiger partial charge in [-0.1, -0.05) is 24.7 Å². The maximum atomic E-state index is 9.22. The van der Waals surface area contributed by atoms with Crippen molar-refractivity contribution in [3.8, 4) is 0 Å². The topological polar surface area (TPSA) is 36.4 Å². The van der Waals surface area contributed by atoms with Gasteiger partial charge in [0.2, 0.25) is 0 Å². The molecule has 1 fully saturated rings. The van der Waals surface area contributed by atoms with Gasteiger partial charge in [-0.25, -0.2) is 4.98 Å². The SMILES string of the molecule is CCC1CCCN(c2nc(C)c(CO)s2)CC1. The number of aliphatic hydroxyl groups excluding tert-OH is 1. The first-order valence-electron chi connectivity index (χ1n) is 6.56. The van der Waals surface area contributed by atoms with E-state index < -0.39 is 0 Å². The smallest absolute Gasteiger partial charge is 0.185 e. The summed E-state index contributed by atoms with van der Waals surface area (Å²) in [6.07, 6.45) is 5.20. The van der Waals surface area contributed by atoms with Crippen molar-refractivity contribution >= 4 is 16.5 Å². The molecule has 1 aliphatic heterocycles. The fourth-order valence-electron chi connectivity index (χ4n) is 2.46. The van der Waals surface area contributed by atoms with Gasteiger partial charge in [0.25, 0.3) is 0 Å². The first kappa shape index (κ1) is 12.8. The maximum absolute atomic E-state index is 9.22. The van der Waals surface area contributed by atoms with Gasteiger partial charge in [-0.3, -0.25) is 0 Å². The molecule has 2 heterocycles. The van der Waals surface area contributed by atoms with Crippen molar-refractivity contribution in [3.05, 3.63) is 10.6 Å². The minimum atomic E-state index is 0.120. The molecule has 1 unspecified atom stereocenters. The Hall–Kier alpha value is -0.610. The molecule has 0 saturated carbocycles. The van der Waals surface area contributed by atoms with Crippen LogP contribution in [0.3, 0.4) is 0 Å². The van der Waals surface area contributed by atoms with Crippen LogP contribution in [0, 0.1) is 12.8 Å². The highest BCUT2D eigenvalue weighted by atomic mass is 32.1. The van der Waals surface area contributed by atoms with E-state index in [4.69, 9.17) is 0 Å². The van der Waals surface area contributed by atoms with E-state index in [1.807, 2.05) is 6.92 Å². The van der Waals surface area contributed by atoms with Crippen molar-refractivity contribution in [1.29, 1.82) is 0 Å². The Balaban J connectivity index is 2.06. The molecule has 96 valence electrons. The van der Waals surface area contributed by atoms with Crippen LogP contribution in [0.15, 0.2) is 0 Å². The van der Waals surface area contributed by atoms with Crippen molar-refractivity contribution in [1.82, 2.24) is 4.98 Å². The largest absolute Gasteiger partial charge is 0.391 e. The molecular weight excluding hydrogens is 232 g/mol. The van der Waals surface area contributed by atoms with Crippen LogP contribution in [-0.2, 0) is 6.61 Å². The number of aromatic nitrogens is 1. The minimum absolute atomic E-state index is 0.120. The highest BCUT2D eigenvalue weighted by Gasteiger charge is 2.19. The number of rotatable bonds is 3. The third-order valence-corrected chi connectivity index (χ3v) is 4.92. The number of aryl methyl sites for hydroxylation is 1. The number of thiazole rings is 1. The highest BCUT2D eigenvalue weighted by Crippen LogP contribution is 2.29. The summed E-state index contributed by atoms with van der Waals surface area (Å²) in [6, 6.07) is 0. The van der Waals surface area contributed by atoms with Crippen LogP contribution in [0.2, 0.25) is 0 Å². The number of nitrogens with zero attached hydrogens (tertiary/aromatic N) is 2. The molecule has 1 atom stereocenters. The number of anilines is 1. The van der Waals surface area contributed by atoms with Gasteiger partial charge in [0.1, 0.15) is 0 Å². The van der Waals surface area contributed by atoms with Crippen LogP contribution in [0.4, 0.5) is 5.13 Å². The predicted molar refractivity (Wildman–Crippen MR) is 72.6 cm³/mol. The van der Waals surface area contributed by atoms with E-state index >= 15 is 0 Å². The quantitative estimate of drug-likeness (QED) is 0.901. The zero-order valence-corrected chi connectivity index (χ0v) is 11.6. The standard InChI is InChI=1S/C13H22N2OS/c1-3-11-5-4-7-15(8-6-11)13-14-10(2)12(9-16)17-13/h11,16H,3-9H2,1-2H3. The van der Waals surface area contributed by atoms with E-state index in [1.54, 1.807) is 11.3 Å². The normalized spacial score (nSPS) is 21.6. The Bertz CT molecular complexity index is 364. The van der Waals surface area contributed by atoms with E-state index in [0.717, 1.165) is 34.7 Å². The molecule has 1 aromatic rings. The Morgan fingerprint density at radius 3 is 2.88 bits per heavy atom. The summed E-state index contributed by atoms with van der Waals surface area (Å²) < 4.78 is 0. The maximum Gasteiger partial charge on any atom is 0.185 e. The number of hydrogen-bond donors (Lipinski definition) is 1. The molecule has 17 heavy (non-hydrogen) atoms. The zero-order valence-electron chi connectivity index (χ0n) is 10.8. The van der Waals surface area contributed by atoms with Crippen molar-refractivity contribution in [2.24, 2.45) is 5.92 Å². The molecule has 1 N–H and O–H groups in total. The van der Waals surface area contributed by atoms with Crippen LogP contribution in [-0.4, -0.2) is 23.2 Å². The Kier molecular flexibility index (Phi) is 4.40. The number of aliphatic hydroxyl groups is 1.